The molecule has 0 saturated carbocycles. The predicted molar refractivity (Wildman–Crippen MR) is 65.9 cm³/mol. The van der Waals surface area contributed by atoms with Crippen LogP contribution in [0.4, 0.5) is 0 Å². The van der Waals surface area contributed by atoms with Crippen LogP contribution in [0.15, 0.2) is 49.1 Å². The summed E-state index contributed by atoms with van der Waals surface area (Å²) in [4.78, 5) is 12.4. The number of hydrogen-bond acceptors (Lipinski definition) is 3. The maximum atomic E-state index is 8.36. The summed E-state index contributed by atoms with van der Waals surface area (Å²) >= 11 is 0. The summed E-state index contributed by atoms with van der Waals surface area (Å²) in [6.07, 6.45) is 6.80. The van der Waals surface area contributed by atoms with Gasteiger partial charge in [-0.15, -0.1) is 10.1 Å². The van der Waals surface area contributed by atoms with Crippen LogP contribution in [-0.4, -0.2) is 19.8 Å². The molecule has 0 spiro atoms. The third kappa shape index (κ3) is 4.25. The molecule has 0 aliphatic heterocycles. The van der Waals surface area contributed by atoms with Gasteiger partial charge in [-0.05, 0) is 12.0 Å². The van der Waals surface area contributed by atoms with Crippen molar-refractivity contribution in [1.29, 1.82) is 0 Å². The quantitative estimate of drug-likeness (QED) is 0.669. The van der Waals surface area contributed by atoms with Crippen molar-refractivity contribution in [2.75, 3.05) is 0 Å². The molecule has 96 valence electrons. The van der Waals surface area contributed by atoms with E-state index >= 15 is 0 Å². The zero-order chi connectivity index (χ0) is 13.4. The van der Waals surface area contributed by atoms with E-state index in [4.69, 9.17) is 15.3 Å². The van der Waals surface area contributed by atoms with Crippen LogP contribution in [0, 0.1) is 10.1 Å². The van der Waals surface area contributed by atoms with Crippen LogP contribution in [0.3, 0.4) is 0 Å². The van der Waals surface area contributed by atoms with Crippen molar-refractivity contribution in [3.63, 3.8) is 0 Å². The summed E-state index contributed by atoms with van der Waals surface area (Å²) in [5.41, 5.74) is 1.34. The standard InChI is InChI=1S/C12H14N2.HNO3/c1-2-12(14-9-8-13-10-14)11-6-4-3-5-7-11;2-1(3)4/h3-10,12H,2H2,1H3;(H,2,3,4). The van der Waals surface area contributed by atoms with Gasteiger partial charge in [0.1, 0.15) is 0 Å². The lowest BCUT2D eigenvalue weighted by atomic mass is 10.0. The first-order valence-electron chi connectivity index (χ1n) is 5.50. The first kappa shape index (κ1) is 13.7. The molecule has 0 aliphatic rings. The van der Waals surface area contributed by atoms with Crippen molar-refractivity contribution >= 4 is 0 Å². The van der Waals surface area contributed by atoms with Crippen molar-refractivity contribution < 1.29 is 10.3 Å². The Balaban J connectivity index is 0.000000357. The molecule has 1 unspecified atom stereocenters. The van der Waals surface area contributed by atoms with Gasteiger partial charge in [0.2, 0.25) is 0 Å². The van der Waals surface area contributed by atoms with Gasteiger partial charge in [0.25, 0.3) is 5.09 Å². The molecule has 0 saturated heterocycles. The molecular formula is C12H15N3O3. The van der Waals surface area contributed by atoms with Crippen molar-refractivity contribution in [1.82, 2.24) is 9.55 Å². The summed E-state index contributed by atoms with van der Waals surface area (Å²) in [6.45, 7) is 2.19. The number of aromatic nitrogens is 2. The average molecular weight is 249 g/mol. The third-order valence-electron chi connectivity index (χ3n) is 2.46. The van der Waals surface area contributed by atoms with Gasteiger partial charge in [-0.1, -0.05) is 37.3 Å². The Hall–Kier alpha value is -2.37. The van der Waals surface area contributed by atoms with Crippen molar-refractivity contribution in [2.24, 2.45) is 0 Å². The average Bonchev–Trinajstić information content (AvgIpc) is 2.84. The molecular weight excluding hydrogens is 234 g/mol. The number of benzene rings is 1. The molecule has 0 radical (unpaired) electrons. The van der Waals surface area contributed by atoms with E-state index in [0.29, 0.717) is 6.04 Å². The van der Waals surface area contributed by atoms with Crippen LogP contribution >= 0.6 is 0 Å². The molecule has 0 aliphatic carbocycles. The van der Waals surface area contributed by atoms with Crippen LogP contribution in [0.1, 0.15) is 24.9 Å². The van der Waals surface area contributed by atoms with Crippen molar-refractivity contribution in [3.8, 4) is 0 Å². The van der Waals surface area contributed by atoms with Gasteiger partial charge in [0, 0.05) is 12.4 Å². The zero-order valence-corrected chi connectivity index (χ0v) is 10.0. The highest BCUT2D eigenvalue weighted by Crippen LogP contribution is 2.20. The molecule has 1 atom stereocenters. The van der Waals surface area contributed by atoms with Gasteiger partial charge in [-0.25, -0.2) is 4.98 Å². The maximum Gasteiger partial charge on any atom is 0.291 e. The van der Waals surface area contributed by atoms with E-state index in [0.717, 1.165) is 6.42 Å². The van der Waals surface area contributed by atoms with E-state index in [1.807, 2.05) is 24.8 Å². The van der Waals surface area contributed by atoms with Crippen LogP contribution in [0.2, 0.25) is 0 Å². The topological polar surface area (TPSA) is 81.2 Å². The highest BCUT2D eigenvalue weighted by molar-refractivity contribution is 5.19. The molecule has 0 fully saturated rings. The van der Waals surface area contributed by atoms with E-state index in [1.54, 1.807) is 0 Å². The Morgan fingerprint density at radius 1 is 1.44 bits per heavy atom. The second-order valence-corrected chi connectivity index (χ2v) is 3.58. The molecule has 6 nitrogen and oxygen atoms in total. The maximum absolute atomic E-state index is 8.36. The van der Waals surface area contributed by atoms with Crippen LogP contribution < -0.4 is 0 Å². The molecule has 2 rings (SSSR count). The van der Waals surface area contributed by atoms with Gasteiger partial charge < -0.3 is 9.77 Å². The summed E-state index contributed by atoms with van der Waals surface area (Å²) in [7, 11) is 0. The lowest BCUT2D eigenvalue weighted by Crippen LogP contribution is -2.07. The second-order valence-electron chi connectivity index (χ2n) is 3.58. The minimum atomic E-state index is -1.50. The lowest BCUT2D eigenvalue weighted by molar-refractivity contribution is -0.742. The number of imidazole rings is 1. The summed E-state index contributed by atoms with van der Waals surface area (Å²) < 4.78 is 2.15. The van der Waals surface area contributed by atoms with Gasteiger partial charge in [0.15, 0.2) is 0 Å². The summed E-state index contributed by atoms with van der Waals surface area (Å²) in [5.74, 6) is 0. The zero-order valence-electron chi connectivity index (χ0n) is 10.0. The number of rotatable bonds is 3. The Bertz CT molecular complexity index is 453. The summed E-state index contributed by atoms with van der Waals surface area (Å²) in [5, 5.41) is 13.6. The minimum Gasteiger partial charge on any atom is -0.330 e. The first-order chi connectivity index (χ1) is 8.65. The van der Waals surface area contributed by atoms with Gasteiger partial charge in [-0.3, -0.25) is 0 Å². The van der Waals surface area contributed by atoms with Crippen molar-refractivity contribution in [2.45, 2.75) is 19.4 Å². The second kappa shape index (κ2) is 7.05. The van der Waals surface area contributed by atoms with E-state index in [9.17, 15) is 0 Å². The Kier molecular flexibility index (Phi) is 5.37. The fourth-order valence-electron chi connectivity index (χ4n) is 1.75. The predicted octanol–water partition coefficient (Wildman–Crippen LogP) is 2.53. The number of nitrogens with zero attached hydrogens (tertiary/aromatic N) is 3. The smallest absolute Gasteiger partial charge is 0.291 e. The van der Waals surface area contributed by atoms with E-state index in [1.165, 1.54) is 5.56 Å². The Morgan fingerprint density at radius 2 is 2.06 bits per heavy atom. The van der Waals surface area contributed by atoms with Crippen LogP contribution in [0.5, 0.6) is 0 Å². The van der Waals surface area contributed by atoms with Crippen LogP contribution in [0.25, 0.3) is 0 Å². The van der Waals surface area contributed by atoms with Gasteiger partial charge in [0.05, 0.1) is 12.4 Å². The molecule has 1 aromatic carbocycles. The molecule has 1 aromatic heterocycles. The van der Waals surface area contributed by atoms with Crippen molar-refractivity contribution in [3.05, 3.63) is 64.7 Å². The fraction of sp³-hybridized carbons (Fsp3) is 0.250. The molecule has 6 heteroatoms. The lowest BCUT2D eigenvalue weighted by Gasteiger charge is -2.16. The SMILES string of the molecule is CCC(c1ccccc1)n1ccnc1.O=[N+]([O-])O. The summed E-state index contributed by atoms with van der Waals surface area (Å²) in [6, 6.07) is 10.9. The monoisotopic (exact) mass is 249 g/mol. The normalized spacial score (nSPS) is 11.2. The van der Waals surface area contributed by atoms with E-state index in [-0.39, 0.29) is 0 Å². The van der Waals surface area contributed by atoms with Gasteiger partial charge in [-0.2, -0.15) is 0 Å². The largest absolute Gasteiger partial charge is 0.330 e. The molecule has 2 aromatic rings. The minimum absolute atomic E-state index is 0.415. The van der Waals surface area contributed by atoms with Crippen LogP contribution in [-0.2, 0) is 0 Å². The molecule has 0 bridgehead atoms. The Labute approximate surface area is 105 Å². The third-order valence-corrected chi connectivity index (χ3v) is 2.46. The highest BCUT2D eigenvalue weighted by Gasteiger charge is 2.09. The Morgan fingerprint density at radius 3 is 2.50 bits per heavy atom. The molecule has 0 amide bonds. The molecule has 1 N–H and O–H groups in total. The fourth-order valence-corrected chi connectivity index (χ4v) is 1.75. The molecule has 1 heterocycles. The van der Waals surface area contributed by atoms with E-state index in [2.05, 4.69) is 40.7 Å². The molecule has 18 heavy (non-hydrogen) atoms. The van der Waals surface area contributed by atoms with Gasteiger partial charge >= 0.3 is 0 Å². The number of hydrogen-bond donors (Lipinski definition) is 1. The van der Waals surface area contributed by atoms with E-state index < -0.39 is 5.09 Å². The first-order valence-corrected chi connectivity index (χ1v) is 5.50. The highest BCUT2D eigenvalue weighted by atomic mass is 16.9.